The lowest BCUT2D eigenvalue weighted by molar-refractivity contribution is -0.140. The average Bonchev–Trinajstić information content (AvgIpc) is 2.97. The summed E-state index contributed by atoms with van der Waals surface area (Å²) in [6.45, 7) is 5.50. The fraction of sp³-hybridized carbons (Fsp3) is 0.781. The Bertz CT molecular complexity index is 798. The number of hydrogen-bond acceptors (Lipinski definition) is 8. The lowest BCUT2D eigenvalue weighted by atomic mass is 10.0. The molecular formula is C32H57O8PS. The lowest BCUT2D eigenvalue weighted by Crippen LogP contribution is -2.25. The minimum absolute atomic E-state index is 0.0931. The van der Waals surface area contributed by atoms with Gasteiger partial charge in [-0.15, -0.1) is 0 Å². The second-order valence-corrected chi connectivity index (χ2v) is 13.4. The monoisotopic (exact) mass is 632 g/mol. The van der Waals surface area contributed by atoms with Gasteiger partial charge in [-0.05, 0) is 18.9 Å². The highest BCUT2D eigenvalue weighted by atomic mass is 32.2. The maximum atomic E-state index is 12.0. The zero-order chi connectivity index (χ0) is 30.6. The van der Waals surface area contributed by atoms with Crippen molar-refractivity contribution < 1.29 is 36.6 Å². The summed E-state index contributed by atoms with van der Waals surface area (Å²) < 4.78 is 38.7. The van der Waals surface area contributed by atoms with Gasteiger partial charge in [0, 0.05) is 6.61 Å². The molecule has 1 aromatic rings. The molecule has 1 aromatic carbocycles. The summed E-state index contributed by atoms with van der Waals surface area (Å²) in [7, 11) is -4.17. The van der Waals surface area contributed by atoms with E-state index in [1.165, 1.54) is 89.9 Å². The van der Waals surface area contributed by atoms with Crippen molar-refractivity contribution in [2.24, 2.45) is 0 Å². The molecule has 0 amide bonds. The zero-order valence-corrected chi connectivity index (χ0v) is 27.9. The fourth-order valence-electron chi connectivity index (χ4n) is 4.47. The Morgan fingerprint density at radius 2 is 1.36 bits per heavy atom. The van der Waals surface area contributed by atoms with Crippen LogP contribution in [0.5, 0.6) is 0 Å². The van der Waals surface area contributed by atoms with Crippen LogP contribution in [0, 0.1) is 0 Å². The molecule has 0 aliphatic rings. The van der Waals surface area contributed by atoms with Crippen LogP contribution >= 0.6 is 19.9 Å². The van der Waals surface area contributed by atoms with Crippen molar-refractivity contribution in [2.75, 3.05) is 32.6 Å². The highest BCUT2D eigenvalue weighted by Gasteiger charge is 2.26. The van der Waals surface area contributed by atoms with Gasteiger partial charge >= 0.3 is 13.6 Å². The second kappa shape index (κ2) is 27.6. The SMILES string of the molecule is CCCCCCCCCCCCCCCCCCOC[C@H](COSOP(=O)(O)CC(=O)OCC)OCc1ccccc1. The first-order chi connectivity index (χ1) is 20.5. The Morgan fingerprint density at radius 1 is 0.810 bits per heavy atom. The number of hydrogen-bond donors (Lipinski definition) is 1. The summed E-state index contributed by atoms with van der Waals surface area (Å²) in [4.78, 5) is 21.2. The Kier molecular flexibility index (Phi) is 25.7. The Balaban J connectivity index is 2.12. The van der Waals surface area contributed by atoms with Crippen molar-refractivity contribution in [3.05, 3.63) is 35.9 Å². The van der Waals surface area contributed by atoms with Crippen molar-refractivity contribution in [1.29, 1.82) is 0 Å². The van der Waals surface area contributed by atoms with Gasteiger partial charge < -0.3 is 19.1 Å². The van der Waals surface area contributed by atoms with Crippen molar-refractivity contribution >= 4 is 25.9 Å². The average molecular weight is 633 g/mol. The number of esters is 1. The number of benzene rings is 1. The van der Waals surface area contributed by atoms with E-state index >= 15 is 0 Å². The number of unbranched alkanes of at least 4 members (excludes halogenated alkanes) is 15. The first kappa shape index (κ1) is 39.1. The molecule has 0 bridgehead atoms. The molecule has 0 aliphatic carbocycles. The molecule has 0 aromatic heterocycles. The van der Waals surface area contributed by atoms with Crippen LogP contribution in [0.3, 0.4) is 0 Å². The summed E-state index contributed by atoms with van der Waals surface area (Å²) >= 11 is 0.380. The quantitative estimate of drug-likeness (QED) is 0.0385. The standard InChI is InChI=1S/C32H57O8PS/c1-3-5-6-7-8-9-10-11-12-13-14-15-16-17-18-22-25-36-27-31(38-26-30-23-20-19-21-24-30)28-39-42-40-41(34,35)29-32(33)37-4-2/h19-21,23-24,31H,3-18,22,25-29H2,1-2H3,(H,34,35)/t31-/m1/s1. The molecule has 0 saturated heterocycles. The largest absolute Gasteiger partial charge is 0.466 e. The van der Waals surface area contributed by atoms with Gasteiger partial charge in [0.05, 0.1) is 26.4 Å². The molecule has 1 unspecified atom stereocenters. The summed E-state index contributed by atoms with van der Waals surface area (Å²) in [6.07, 6.45) is 20.2. The molecule has 0 aliphatic heterocycles. The molecule has 1 N–H and O–H groups in total. The Hall–Kier alpha value is -0.930. The molecule has 0 radical (unpaired) electrons. The topological polar surface area (TPSA) is 101 Å². The molecule has 0 saturated carbocycles. The van der Waals surface area contributed by atoms with Crippen LogP contribution in [-0.2, 0) is 38.3 Å². The summed E-state index contributed by atoms with van der Waals surface area (Å²) in [6, 6.07) is 9.80. The Morgan fingerprint density at radius 3 is 1.90 bits per heavy atom. The van der Waals surface area contributed by atoms with Gasteiger partial charge in [-0.1, -0.05) is 134 Å². The molecule has 0 fully saturated rings. The normalized spacial score (nSPS) is 13.6. The van der Waals surface area contributed by atoms with Gasteiger partial charge in [0.2, 0.25) is 0 Å². The lowest BCUT2D eigenvalue weighted by Gasteiger charge is -2.18. The van der Waals surface area contributed by atoms with E-state index in [4.69, 9.17) is 17.6 Å². The van der Waals surface area contributed by atoms with Crippen LogP contribution in [0.2, 0.25) is 0 Å². The molecule has 2 atom stereocenters. The van der Waals surface area contributed by atoms with E-state index in [-0.39, 0.29) is 19.3 Å². The number of rotatable bonds is 30. The second-order valence-electron chi connectivity index (χ2n) is 10.8. The van der Waals surface area contributed by atoms with E-state index in [2.05, 4.69) is 11.7 Å². The van der Waals surface area contributed by atoms with E-state index in [1.807, 2.05) is 30.3 Å². The van der Waals surface area contributed by atoms with E-state index < -0.39 is 19.7 Å². The molecule has 1 rings (SSSR count). The van der Waals surface area contributed by atoms with Gasteiger partial charge in [0.25, 0.3) is 0 Å². The van der Waals surface area contributed by atoms with Crippen LogP contribution in [0.15, 0.2) is 30.3 Å². The maximum Gasteiger partial charge on any atom is 0.352 e. The summed E-state index contributed by atoms with van der Waals surface area (Å²) in [5.74, 6) is -0.796. The first-order valence-electron chi connectivity index (χ1n) is 16.2. The van der Waals surface area contributed by atoms with E-state index in [0.29, 0.717) is 32.1 Å². The van der Waals surface area contributed by atoms with Crippen LogP contribution in [0.25, 0.3) is 0 Å². The van der Waals surface area contributed by atoms with Gasteiger partial charge in [-0.3, -0.25) is 13.5 Å². The number of ether oxygens (including phenoxy) is 3. The summed E-state index contributed by atoms with van der Waals surface area (Å²) in [5, 5.41) is 0. The van der Waals surface area contributed by atoms with E-state index in [1.54, 1.807) is 6.92 Å². The van der Waals surface area contributed by atoms with Gasteiger partial charge in [0.1, 0.15) is 12.3 Å². The zero-order valence-electron chi connectivity index (χ0n) is 26.2. The molecule has 8 nitrogen and oxygen atoms in total. The van der Waals surface area contributed by atoms with Crippen molar-refractivity contribution in [3.8, 4) is 0 Å². The first-order valence-corrected chi connectivity index (χ1v) is 18.6. The predicted octanol–water partition coefficient (Wildman–Crippen LogP) is 9.19. The molecule has 0 heterocycles. The van der Waals surface area contributed by atoms with E-state index in [9.17, 15) is 14.3 Å². The fourth-order valence-corrected chi connectivity index (χ4v) is 5.86. The third-order valence-electron chi connectivity index (χ3n) is 6.86. The van der Waals surface area contributed by atoms with Gasteiger partial charge in [-0.25, -0.2) is 3.97 Å². The molecule has 244 valence electrons. The highest BCUT2D eigenvalue weighted by Crippen LogP contribution is 2.46. The maximum absolute atomic E-state index is 12.0. The van der Waals surface area contributed by atoms with Crippen LogP contribution in [-0.4, -0.2) is 49.6 Å². The molecule has 0 spiro atoms. The summed E-state index contributed by atoms with van der Waals surface area (Å²) in [5.41, 5.74) is 1.03. The molecular weight excluding hydrogens is 575 g/mol. The third-order valence-corrected chi connectivity index (χ3v) is 8.92. The minimum Gasteiger partial charge on any atom is -0.466 e. The molecule has 42 heavy (non-hydrogen) atoms. The number of carbonyl (C=O) groups excluding carboxylic acids is 1. The Labute approximate surface area is 259 Å². The molecule has 10 heteroatoms. The highest BCUT2D eigenvalue weighted by molar-refractivity contribution is 7.94. The number of carbonyl (C=O) groups is 1. The minimum atomic E-state index is -4.17. The van der Waals surface area contributed by atoms with E-state index in [0.717, 1.165) is 18.4 Å². The van der Waals surface area contributed by atoms with Crippen molar-refractivity contribution in [1.82, 2.24) is 0 Å². The van der Waals surface area contributed by atoms with Crippen LogP contribution in [0.1, 0.15) is 122 Å². The van der Waals surface area contributed by atoms with Crippen LogP contribution in [0.4, 0.5) is 0 Å². The van der Waals surface area contributed by atoms with Gasteiger partial charge in [0.15, 0.2) is 12.3 Å². The third kappa shape index (κ3) is 24.5. The van der Waals surface area contributed by atoms with Crippen molar-refractivity contribution in [3.63, 3.8) is 0 Å². The van der Waals surface area contributed by atoms with Crippen molar-refractivity contribution in [2.45, 2.75) is 129 Å². The van der Waals surface area contributed by atoms with Gasteiger partial charge in [-0.2, -0.15) is 0 Å². The smallest absolute Gasteiger partial charge is 0.352 e. The van der Waals surface area contributed by atoms with Crippen LogP contribution < -0.4 is 0 Å². The predicted molar refractivity (Wildman–Crippen MR) is 171 cm³/mol.